The van der Waals surface area contributed by atoms with Crippen molar-refractivity contribution in [2.45, 2.75) is 0 Å². The first-order valence-corrected chi connectivity index (χ1v) is 13.4. The van der Waals surface area contributed by atoms with Crippen LogP contribution in [0.4, 0.5) is 0 Å². The molecule has 1 nitrogen and oxygen atoms in total. The summed E-state index contributed by atoms with van der Waals surface area (Å²) in [6, 6.07) is 44.4. The van der Waals surface area contributed by atoms with Gasteiger partial charge in [-0.25, -0.2) is 4.98 Å². The van der Waals surface area contributed by atoms with Gasteiger partial charge in [0.15, 0.2) is 0 Å². The molecule has 0 saturated carbocycles. The van der Waals surface area contributed by atoms with Crippen molar-refractivity contribution in [1.82, 2.24) is 4.98 Å². The summed E-state index contributed by atoms with van der Waals surface area (Å²) in [6.45, 7) is 0. The Kier molecular flexibility index (Phi) is 4.46. The third-order valence-electron chi connectivity index (χ3n) is 7.54. The van der Waals surface area contributed by atoms with Crippen LogP contribution >= 0.6 is 11.3 Å². The van der Waals surface area contributed by atoms with Gasteiger partial charge in [-0.1, -0.05) is 91.0 Å². The van der Waals surface area contributed by atoms with Gasteiger partial charge in [0.05, 0.1) is 0 Å². The van der Waals surface area contributed by atoms with Crippen molar-refractivity contribution >= 4 is 31.6 Å². The highest BCUT2D eigenvalue weighted by Crippen LogP contribution is 2.48. The minimum Gasteiger partial charge on any atom is -0.245 e. The molecule has 0 N–H and O–H groups in total. The predicted octanol–water partition coefficient (Wildman–Crippen LogP) is 10.1. The molecule has 8 rings (SSSR count). The number of hydrogen-bond acceptors (Lipinski definition) is 2. The van der Waals surface area contributed by atoms with Gasteiger partial charge in [-0.05, 0) is 86.0 Å². The van der Waals surface area contributed by atoms with Crippen LogP contribution in [0.2, 0.25) is 0 Å². The highest BCUT2D eigenvalue weighted by atomic mass is 32.1. The van der Waals surface area contributed by atoms with Gasteiger partial charge in [-0.2, -0.15) is 0 Å². The quantitative estimate of drug-likeness (QED) is 0.224. The lowest BCUT2D eigenvalue weighted by atomic mass is 9.80. The average Bonchev–Trinajstić information content (AvgIpc) is 3.34. The first-order chi connectivity index (χ1) is 18.3. The third kappa shape index (κ3) is 3.13. The van der Waals surface area contributed by atoms with Gasteiger partial charge in [0, 0.05) is 21.7 Å². The lowest BCUT2D eigenvalue weighted by Gasteiger charge is -2.23. The fourth-order valence-corrected chi connectivity index (χ4v) is 6.86. The maximum atomic E-state index is 4.58. The van der Waals surface area contributed by atoms with Gasteiger partial charge in [-0.3, -0.25) is 0 Å². The Morgan fingerprint density at radius 1 is 0.405 bits per heavy atom. The van der Waals surface area contributed by atoms with Crippen LogP contribution in [0.25, 0.3) is 75.9 Å². The number of benzene rings is 5. The molecule has 7 aromatic rings. The van der Waals surface area contributed by atoms with E-state index in [1.54, 1.807) is 11.3 Å². The molecule has 0 unspecified atom stereocenters. The molecule has 0 atom stereocenters. The number of aromatic nitrogens is 1. The van der Waals surface area contributed by atoms with E-state index < -0.39 is 0 Å². The van der Waals surface area contributed by atoms with Crippen molar-refractivity contribution in [3.63, 3.8) is 0 Å². The summed E-state index contributed by atoms with van der Waals surface area (Å²) in [5, 5.41) is 2.50. The largest absolute Gasteiger partial charge is 0.245 e. The molecule has 2 heterocycles. The minimum absolute atomic E-state index is 1.09. The molecule has 0 bridgehead atoms. The van der Waals surface area contributed by atoms with Gasteiger partial charge in [0.1, 0.15) is 4.83 Å². The van der Waals surface area contributed by atoms with E-state index in [1.165, 1.54) is 71.1 Å². The van der Waals surface area contributed by atoms with E-state index in [2.05, 4.69) is 120 Å². The van der Waals surface area contributed by atoms with E-state index in [-0.39, 0.29) is 0 Å². The standard InChI is InChI=1S/C35H21NS/c1-2-9-25-24(8-1)26-10-3-4-12-28(26)30-17-15-22(20-32(30)29-13-6-5-11-27(25)29)23-16-18-34-33(21-23)31-14-7-19-36-35(31)37-34/h1-21H. The van der Waals surface area contributed by atoms with E-state index in [4.69, 9.17) is 0 Å². The first-order valence-electron chi connectivity index (χ1n) is 12.6. The molecule has 0 radical (unpaired) electrons. The highest BCUT2D eigenvalue weighted by molar-refractivity contribution is 7.25. The van der Waals surface area contributed by atoms with Crippen molar-refractivity contribution in [2.24, 2.45) is 0 Å². The number of nitrogens with zero attached hydrogens (tertiary/aromatic N) is 1. The van der Waals surface area contributed by atoms with Crippen LogP contribution in [0.15, 0.2) is 128 Å². The predicted molar refractivity (Wildman–Crippen MR) is 158 cm³/mol. The number of pyridine rings is 1. The number of fused-ring (bicyclic) bond motifs is 11. The van der Waals surface area contributed by atoms with Crippen LogP contribution in [-0.2, 0) is 0 Å². The summed E-state index contributed by atoms with van der Waals surface area (Å²) in [5.41, 5.74) is 12.7. The first kappa shape index (κ1) is 20.6. The molecule has 0 fully saturated rings. The maximum Gasteiger partial charge on any atom is 0.124 e. The van der Waals surface area contributed by atoms with Crippen LogP contribution < -0.4 is 0 Å². The minimum atomic E-state index is 1.09. The zero-order valence-electron chi connectivity index (χ0n) is 20.0. The third-order valence-corrected chi connectivity index (χ3v) is 8.64. The van der Waals surface area contributed by atoms with Gasteiger partial charge in [0.2, 0.25) is 0 Å². The molecular formula is C35H21NS. The van der Waals surface area contributed by atoms with Crippen molar-refractivity contribution in [2.75, 3.05) is 0 Å². The molecule has 0 aliphatic heterocycles. The smallest absolute Gasteiger partial charge is 0.124 e. The fourth-order valence-electron chi connectivity index (χ4n) is 5.83. The van der Waals surface area contributed by atoms with Gasteiger partial charge in [0.25, 0.3) is 0 Å². The van der Waals surface area contributed by atoms with Crippen LogP contribution in [0.3, 0.4) is 0 Å². The SMILES string of the molecule is c1ccc2c(c1)-c1ccccc1-c1ccc(-c3ccc4sc5ncccc5c4c3)cc1-c1ccccc1-2. The summed E-state index contributed by atoms with van der Waals surface area (Å²) in [6.07, 6.45) is 1.88. The highest BCUT2D eigenvalue weighted by Gasteiger charge is 2.21. The summed E-state index contributed by atoms with van der Waals surface area (Å²) in [7, 11) is 0. The molecule has 2 aromatic heterocycles. The second-order valence-electron chi connectivity index (χ2n) is 9.57. The zero-order chi connectivity index (χ0) is 24.3. The molecule has 0 saturated heterocycles. The lowest BCUT2D eigenvalue weighted by molar-refractivity contribution is 1.45. The number of hydrogen-bond donors (Lipinski definition) is 0. The van der Waals surface area contributed by atoms with Gasteiger partial charge >= 0.3 is 0 Å². The molecule has 0 amide bonds. The van der Waals surface area contributed by atoms with E-state index in [9.17, 15) is 0 Å². The summed E-state index contributed by atoms with van der Waals surface area (Å²) < 4.78 is 1.28. The Morgan fingerprint density at radius 3 is 1.54 bits per heavy atom. The van der Waals surface area contributed by atoms with E-state index in [1.807, 2.05) is 12.3 Å². The molecule has 172 valence electrons. The van der Waals surface area contributed by atoms with E-state index in [0.717, 1.165) is 4.83 Å². The number of rotatable bonds is 1. The van der Waals surface area contributed by atoms with Crippen molar-refractivity contribution in [3.8, 4) is 55.6 Å². The van der Waals surface area contributed by atoms with Gasteiger partial charge in [-0.15, -0.1) is 11.3 Å². The van der Waals surface area contributed by atoms with Gasteiger partial charge < -0.3 is 0 Å². The molecule has 5 aromatic carbocycles. The van der Waals surface area contributed by atoms with Crippen LogP contribution in [0.1, 0.15) is 0 Å². The van der Waals surface area contributed by atoms with E-state index in [0.29, 0.717) is 0 Å². The van der Waals surface area contributed by atoms with Crippen molar-refractivity contribution in [3.05, 3.63) is 128 Å². The van der Waals surface area contributed by atoms with Crippen LogP contribution in [0, 0.1) is 0 Å². The second kappa shape index (κ2) is 7.99. The zero-order valence-corrected chi connectivity index (χ0v) is 20.8. The topological polar surface area (TPSA) is 12.9 Å². The maximum absolute atomic E-state index is 4.58. The van der Waals surface area contributed by atoms with Crippen molar-refractivity contribution in [1.29, 1.82) is 0 Å². The Morgan fingerprint density at radius 2 is 0.919 bits per heavy atom. The van der Waals surface area contributed by atoms with Crippen LogP contribution in [-0.4, -0.2) is 4.98 Å². The monoisotopic (exact) mass is 487 g/mol. The Hall–Kier alpha value is -4.53. The Bertz CT molecular complexity index is 1990. The second-order valence-corrected chi connectivity index (χ2v) is 10.6. The fraction of sp³-hybridized carbons (Fsp3) is 0. The Balaban J connectivity index is 1.41. The van der Waals surface area contributed by atoms with Crippen molar-refractivity contribution < 1.29 is 0 Å². The van der Waals surface area contributed by atoms with Crippen LogP contribution in [0.5, 0.6) is 0 Å². The summed E-state index contributed by atoms with van der Waals surface area (Å²) in [4.78, 5) is 5.68. The normalized spacial score (nSPS) is 11.8. The molecule has 0 spiro atoms. The molecule has 1 aliphatic carbocycles. The van der Waals surface area contributed by atoms with E-state index >= 15 is 0 Å². The lowest BCUT2D eigenvalue weighted by Crippen LogP contribution is -1.97. The molecule has 2 heteroatoms. The molecular weight excluding hydrogens is 466 g/mol. The summed E-state index contributed by atoms with van der Waals surface area (Å²) >= 11 is 1.76. The average molecular weight is 488 g/mol. The molecule has 37 heavy (non-hydrogen) atoms. The summed E-state index contributed by atoms with van der Waals surface area (Å²) in [5.74, 6) is 0. The Labute approximate surface area is 219 Å². The number of thiophene rings is 1. The molecule has 1 aliphatic rings.